The predicted molar refractivity (Wildman–Crippen MR) is 165 cm³/mol. The van der Waals surface area contributed by atoms with Crippen LogP contribution in [-0.2, 0) is 9.47 Å². The lowest BCUT2D eigenvalue weighted by molar-refractivity contribution is 0.0472. The second-order valence-electron chi connectivity index (χ2n) is 10.9. The molecule has 226 valence electrons. The van der Waals surface area contributed by atoms with Crippen LogP contribution in [0.4, 0.5) is 5.69 Å². The Balaban J connectivity index is 1.27. The molecule has 0 saturated heterocycles. The zero-order chi connectivity index (χ0) is 32.4. The highest BCUT2D eigenvalue weighted by Crippen LogP contribution is 2.30. The van der Waals surface area contributed by atoms with Gasteiger partial charge in [0.05, 0.1) is 27.9 Å². The number of ether oxygens (including phenoxy) is 2. The summed E-state index contributed by atoms with van der Waals surface area (Å²) in [7, 11) is 0. The zero-order valence-electron chi connectivity index (χ0n) is 25.1. The van der Waals surface area contributed by atoms with Gasteiger partial charge in [-0.25, -0.2) is 14.5 Å². The summed E-state index contributed by atoms with van der Waals surface area (Å²) in [5.41, 5.74) is 4.40. The van der Waals surface area contributed by atoms with E-state index in [0.717, 1.165) is 27.2 Å². The van der Waals surface area contributed by atoms with Gasteiger partial charge in [-0.2, -0.15) is 0 Å². The van der Waals surface area contributed by atoms with Gasteiger partial charge in [-0.05, 0) is 87.4 Å². The van der Waals surface area contributed by atoms with E-state index in [2.05, 4.69) is 0 Å². The minimum absolute atomic E-state index is 0.00337. The van der Waals surface area contributed by atoms with Crippen molar-refractivity contribution < 1.29 is 38.2 Å². The van der Waals surface area contributed by atoms with Crippen LogP contribution in [-0.4, -0.2) is 48.5 Å². The maximum absolute atomic E-state index is 13.4. The van der Waals surface area contributed by atoms with Crippen LogP contribution in [0, 0.1) is 27.7 Å². The van der Waals surface area contributed by atoms with Gasteiger partial charge >= 0.3 is 11.9 Å². The molecule has 1 heterocycles. The third kappa shape index (κ3) is 6.33. The number of aryl methyl sites for hydroxylation is 4. The van der Waals surface area contributed by atoms with Crippen molar-refractivity contribution in [2.45, 2.75) is 27.7 Å². The minimum atomic E-state index is -0.824. The maximum Gasteiger partial charge on any atom is 0.338 e. The topological polar surface area (TPSA) is 124 Å². The highest BCUT2D eigenvalue weighted by atomic mass is 16.5. The molecule has 1 aliphatic rings. The molecule has 5 rings (SSSR count). The molecule has 4 aromatic rings. The van der Waals surface area contributed by atoms with E-state index in [1.54, 1.807) is 26.0 Å². The van der Waals surface area contributed by atoms with Crippen molar-refractivity contribution in [3.63, 3.8) is 0 Å². The second kappa shape index (κ2) is 12.5. The van der Waals surface area contributed by atoms with Crippen LogP contribution in [0.1, 0.15) is 84.4 Å². The molecule has 45 heavy (non-hydrogen) atoms. The molecule has 0 aromatic heterocycles. The zero-order valence-corrected chi connectivity index (χ0v) is 25.1. The van der Waals surface area contributed by atoms with Crippen molar-refractivity contribution >= 4 is 41.0 Å². The molecule has 2 amide bonds. The fraction of sp³-hybridized carbons (Fsp3) is 0.167. The molecule has 9 nitrogen and oxygen atoms in total. The van der Waals surface area contributed by atoms with Crippen molar-refractivity contribution in [2.24, 2.45) is 0 Å². The molecule has 0 aliphatic carbocycles. The van der Waals surface area contributed by atoms with Gasteiger partial charge in [-0.3, -0.25) is 19.2 Å². The number of fused-ring (bicyclic) bond motifs is 1. The summed E-state index contributed by atoms with van der Waals surface area (Å²) in [5, 5.41) is 0. The molecule has 0 bridgehead atoms. The Labute approximate surface area is 259 Å². The normalized spacial score (nSPS) is 12.1. The molecule has 4 aromatic carbocycles. The molecule has 0 atom stereocenters. The summed E-state index contributed by atoms with van der Waals surface area (Å²) < 4.78 is 10.5. The molecule has 0 unspecified atom stereocenters. The van der Waals surface area contributed by atoms with Crippen molar-refractivity contribution in [3.05, 3.63) is 134 Å². The average Bonchev–Trinajstić information content (AvgIpc) is 3.29. The fourth-order valence-electron chi connectivity index (χ4n) is 5.03. The number of hydrogen-bond acceptors (Lipinski definition) is 8. The predicted octanol–water partition coefficient (Wildman–Crippen LogP) is 5.80. The molecular weight excluding hydrogens is 574 g/mol. The van der Waals surface area contributed by atoms with E-state index in [-0.39, 0.29) is 39.5 Å². The average molecular weight is 604 g/mol. The van der Waals surface area contributed by atoms with E-state index in [1.165, 1.54) is 42.5 Å². The van der Waals surface area contributed by atoms with E-state index in [0.29, 0.717) is 11.1 Å². The summed E-state index contributed by atoms with van der Waals surface area (Å²) in [4.78, 5) is 78.3. The Morgan fingerprint density at radius 1 is 0.578 bits per heavy atom. The first-order valence-corrected chi connectivity index (χ1v) is 14.1. The lowest BCUT2D eigenvalue weighted by Gasteiger charge is -2.15. The summed E-state index contributed by atoms with van der Waals surface area (Å²) >= 11 is 0. The SMILES string of the molecule is Cc1ccc(C)c(C(=O)COC(=O)c2cccc(N3C(=O)c4ccc(C(=O)OCC(=O)c5cc(C)ccc5C)cc4C3=O)c2)c1. The van der Waals surface area contributed by atoms with E-state index in [4.69, 9.17) is 9.47 Å². The third-order valence-corrected chi connectivity index (χ3v) is 7.52. The van der Waals surface area contributed by atoms with E-state index >= 15 is 0 Å². The molecular formula is C36H29NO8. The summed E-state index contributed by atoms with van der Waals surface area (Å²) in [6.07, 6.45) is 0. The molecule has 0 saturated carbocycles. The maximum atomic E-state index is 13.4. The lowest BCUT2D eigenvalue weighted by atomic mass is 10.0. The van der Waals surface area contributed by atoms with Gasteiger partial charge in [-0.1, -0.05) is 41.5 Å². The van der Waals surface area contributed by atoms with Crippen molar-refractivity contribution in [1.29, 1.82) is 0 Å². The number of ketones is 2. The summed E-state index contributed by atoms with van der Waals surface area (Å²) in [6.45, 7) is 6.33. The monoisotopic (exact) mass is 603 g/mol. The molecule has 1 aliphatic heterocycles. The van der Waals surface area contributed by atoms with Crippen LogP contribution in [0.2, 0.25) is 0 Å². The van der Waals surface area contributed by atoms with Crippen molar-refractivity contribution in [3.8, 4) is 0 Å². The standard InChI is InChI=1S/C36H29NO8/c1-20-8-10-22(3)28(14-20)31(38)18-44-35(42)24-6-5-7-26(16-24)37-33(40)27-13-12-25(17-30(27)34(37)41)36(43)45-19-32(39)29-15-21(2)9-11-23(29)4/h5-17H,18-19H2,1-4H3. The number of benzene rings is 4. The third-order valence-electron chi connectivity index (χ3n) is 7.52. The quantitative estimate of drug-likeness (QED) is 0.134. The van der Waals surface area contributed by atoms with Gasteiger partial charge in [0, 0.05) is 11.1 Å². The summed E-state index contributed by atoms with van der Waals surface area (Å²) in [6, 6.07) is 20.5. The van der Waals surface area contributed by atoms with Gasteiger partial charge in [-0.15, -0.1) is 0 Å². The fourth-order valence-corrected chi connectivity index (χ4v) is 5.03. The molecule has 0 fully saturated rings. The summed E-state index contributed by atoms with van der Waals surface area (Å²) in [5.74, 6) is -3.69. The van der Waals surface area contributed by atoms with E-state index < -0.39 is 37.0 Å². The van der Waals surface area contributed by atoms with E-state index in [9.17, 15) is 28.8 Å². The Kier molecular flexibility index (Phi) is 8.54. The van der Waals surface area contributed by atoms with Gasteiger partial charge in [0.1, 0.15) is 0 Å². The smallest absolute Gasteiger partial charge is 0.338 e. The van der Waals surface area contributed by atoms with Crippen LogP contribution in [0.25, 0.3) is 0 Å². The number of anilines is 1. The van der Waals surface area contributed by atoms with Crippen LogP contribution >= 0.6 is 0 Å². The number of nitrogens with zero attached hydrogens (tertiary/aromatic N) is 1. The Hall–Kier alpha value is -5.70. The number of carbonyl (C=O) groups excluding carboxylic acids is 6. The van der Waals surface area contributed by atoms with Crippen LogP contribution < -0.4 is 4.90 Å². The first-order chi connectivity index (χ1) is 21.4. The van der Waals surface area contributed by atoms with Crippen LogP contribution in [0.5, 0.6) is 0 Å². The number of rotatable bonds is 9. The van der Waals surface area contributed by atoms with Gasteiger partial charge in [0.2, 0.25) is 11.6 Å². The molecule has 0 radical (unpaired) electrons. The molecule has 0 spiro atoms. The minimum Gasteiger partial charge on any atom is -0.454 e. The van der Waals surface area contributed by atoms with E-state index in [1.807, 2.05) is 38.1 Å². The number of esters is 2. The van der Waals surface area contributed by atoms with Crippen LogP contribution in [0.15, 0.2) is 78.9 Å². The Bertz CT molecular complexity index is 1920. The lowest BCUT2D eigenvalue weighted by Crippen LogP contribution is -2.29. The van der Waals surface area contributed by atoms with Crippen LogP contribution in [0.3, 0.4) is 0 Å². The first-order valence-electron chi connectivity index (χ1n) is 14.1. The molecule has 0 N–H and O–H groups in total. The number of Topliss-reactive ketones (excluding diaryl/α,β-unsaturated/α-hetero) is 2. The van der Waals surface area contributed by atoms with Crippen molar-refractivity contribution in [1.82, 2.24) is 0 Å². The number of carbonyl (C=O) groups is 6. The van der Waals surface area contributed by atoms with Gasteiger partial charge in [0.25, 0.3) is 11.8 Å². The van der Waals surface area contributed by atoms with Gasteiger partial charge < -0.3 is 9.47 Å². The number of imide groups is 1. The van der Waals surface area contributed by atoms with Gasteiger partial charge in [0.15, 0.2) is 13.2 Å². The van der Waals surface area contributed by atoms with Crippen molar-refractivity contribution in [2.75, 3.05) is 18.1 Å². The number of amides is 2. The largest absolute Gasteiger partial charge is 0.454 e. The highest BCUT2D eigenvalue weighted by molar-refractivity contribution is 6.34. The highest BCUT2D eigenvalue weighted by Gasteiger charge is 2.37. The number of hydrogen-bond donors (Lipinski definition) is 0. The first kappa shape index (κ1) is 30.7. The second-order valence-corrected chi connectivity index (χ2v) is 10.9. The Morgan fingerprint density at radius 2 is 1.09 bits per heavy atom. The molecule has 9 heteroatoms. The Morgan fingerprint density at radius 3 is 1.64 bits per heavy atom.